The van der Waals surface area contributed by atoms with Crippen LogP contribution in [0.2, 0.25) is 0 Å². The fourth-order valence-corrected chi connectivity index (χ4v) is 1.33. The van der Waals surface area contributed by atoms with Crippen LogP contribution in [0, 0.1) is 5.92 Å². The minimum absolute atomic E-state index is 0.0381. The summed E-state index contributed by atoms with van der Waals surface area (Å²) in [6, 6.07) is 0.0381. The van der Waals surface area contributed by atoms with E-state index in [0.29, 0.717) is 5.92 Å². The van der Waals surface area contributed by atoms with Crippen LogP contribution in [-0.4, -0.2) is 23.0 Å². The SMILES string of the molecule is CCC(CC1CC1)NC(=O)C(=O)O. The zero-order valence-corrected chi connectivity index (χ0v) is 7.75. The number of nitrogens with one attached hydrogen (secondary N) is 1. The lowest BCUT2D eigenvalue weighted by Crippen LogP contribution is -2.39. The van der Waals surface area contributed by atoms with Gasteiger partial charge in [0.1, 0.15) is 0 Å². The summed E-state index contributed by atoms with van der Waals surface area (Å²) in [7, 11) is 0. The van der Waals surface area contributed by atoms with Gasteiger partial charge >= 0.3 is 11.9 Å². The monoisotopic (exact) mass is 185 g/mol. The van der Waals surface area contributed by atoms with Crippen LogP contribution in [0.4, 0.5) is 0 Å². The molecule has 1 saturated carbocycles. The van der Waals surface area contributed by atoms with Crippen molar-refractivity contribution in [3.8, 4) is 0 Å². The molecule has 0 aromatic carbocycles. The fourth-order valence-electron chi connectivity index (χ4n) is 1.33. The Hall–Kier alpha value is -1.06. The summed E-state index contributed by atoms with van der Waals surface area (Å²) in [5.74, 6) is -1.57. The molecule has 0 aromatic rings. The Morgan fingerprint density at radius 3 is 2.54 bits per heavy atom. The summed E-state index contributed by atoms with van der Waals surface area (Å²) >= 11 is 0. The minimum atomic E-state index is -1.39. The highest BCUT2D eigenvalue weighted by molar-refractivity contribution is 6.31. The Balaban J connectivity index is 2.29. The van der Waals surface area contributed by atoms with Crippen molar-refractivity contribution in [1.82, 2.24) is 5.32 Å². The third-order valence-corrected chi connectivity index (χ3v) is 2.34. The van der Waals surface area contributed by atoms with E-state index >= 15 is 0 Å². The molecule has 1 aliphatic rings. The van der Waals surface area contributed by atoms with Gasteiger partial charge in [-0.1, -0.05) is 19.8 Å². The van der Waals surface area contributed by atoms with Crippen molar-refractivity contribution in [2.45, 2.75) is 38.6 Å². The summed E-state index contributed by atoms with van der Waals surface area (Å²) < 4.78 is 0. The van der Waals surface area contributed by atoms with Gasteiger partial charge in [-0.2, -0.15) is 0 Å². The van der Waals surface area contributed by atoms with Gasteiger partial charge in [0.25, 0.3) is 0 Å². The molecule has 2 N–H and O–H groups in total. The van der Waals surface area contributed by atoms with E-state index in [9.17, 15) is 9.59 Å². The van der Waals surface area contributed by atoms with Crippen molar-refractivity contribution in [2.75, 3.05) is 0 Å². The van der Waals surface area contributed by atoms with Crippen LogP contribution in [0.15, 0.2) is 0 Å². The first kappa shape index (κ1) is 10.0. The first-order valence-electron chi connectivity index (χ1n) is 4.67. The molecule has 1 fully saturated rings. The van der Waals surface area contributed by atoms with Crippen LogP contribution in [0.3, 0.4) is 0 Å². The van der Waals surface area contributed by atoms with Crippen molar-refractivity contribution in [3.63, 3.8) is 0 Å². The summed E-state index contributed by atoms with van der Waals surface area (Å²) in [5.41, 5.74) is 0. The molecule has 13 heavy (non-hydrogen) atoms. The molecule has 74 valence electrons. The Bertz CT molecular complexity index is 211. The number of carbonyl (C=O) groups excluding carboxylic acids is 1. The highest BCUT2D eigenvalue weighted by atomic mass is 16.4. The highest BCUT2D eigenvalue weighted by Gasteiger charge is 2.26. The van der Waals surface area contributed by atoms with Gasteiger partial charge in [-0.25, -0.2) is 4.79 Å². The van der Waals surface area contributed by atoms with Gasteiger partial charge in [-0.15, -0.1) is 0 Å². The second-order valence-electron chi connectivity index (χ2n) is 3.56. The van der Waals surface area contributed by atoms with Crippen molar-refractivity contribution in [1.29, 1.82) is 0 Å². The molecular weight excluding hydrogens is 170 g/mol. The third-order valence-electron chi connectivity index (χ3n) is 2.34. The lowest BCUT2D eigenvalue weighted by atomic mass is 10.1. The summed E-state index contributed by atoms with van der Waals surface area (Å²) in [6.07, 6.45) is 4.17. The van der Waals surface area contributed by atoms with Gasteiger partial charge < -0.3 is 10.4 Å². The average Bonchev–Trinajstić information content (AvgIpc) is 2.86. The van der Waals surface area contributed by atoms with Gasteiger partial charge in [0, 0.05) is 6.04 Å². The molecule has 0 spiro atoms. The molecule has 0 heterocycles. The minimum Gasteiger partial charge on any atom is -0.474 e. The van der Waals surface area contributed by atoms with Crippen LogP contribution in [0.5, 0.6) is 0 Å². The second-order valence-corrected chi connectivity index (χ2v) is 3.56. The maximum absolute atomic E-state index is 10.8. The van der Waals surface area contributed by atoms with E-state index in [1.807, 2.05) is 6.92 Å². The van der Waals surface area contributed by atoms with Crippen LogP contribution in [-0.2, 0) is 9.59 Å². The normalized spacial score (nSPS) is 17.9. The van der Waals surface area contributed by atoms with Gasteiger partial charge in [-0.05, 0) is 18.8 Å². The topological polar surface area (TPSA) is 66.4 Å². The van der Waals surface area contributed by atoms with E-state index in [2.05, 4.69) is 5.32 Å². The van der Waals surface area contributed by atoms with E-state index in [1.54, 1.807) is 0 Å². The number of hydrogen-bond donors (Lipinski definition) is 2. The molecule has 1 aliphatic carbocycles. The molecular formula is C9H15NO3. The molecule has 0 aliphatic heterocycles. The molecule has 1 unspecified atom stereocenters. The Morgan fingerprint density at radius 1 is 1.54 bits per heavy atom. The van der Waals surface area contributed by atoms with Crippen molar-refractivity contribution >= 4 is 11.9 Å². The highest BCUT2D eigenvalue weighted by Crippen LogP contribution is 2.33. The van der Waals surface area contributed by atoms with E-state index in [1.165, 1.54) is 12.8 Å². The predicted octanol–water partition coefficient (Wildman–Crippen LogP) is 0.766. The van der Waals surface area contributed by atoms with Crippen molar-refractivity contribution < 1.29 is 14.7 Å². The smallest absolute Gasteiger partial charge is 0.394 e. The van der Waals surface area contributed by atoms with Gasteiger partial charge in [0.05, 0.1) is 0 Å². The number of aliphatic carboxylic acids is 1. The van der Waals surface area contributed by atoms with Gasteiger partial charge in [0.2, 0.25) is 0 Å². The van der Waals surface area contributed by atoms with Crippen LogP contribution in [0.1, 0.15) is 32.6 Å². The fraction of sp³-hybridized carbons (Fsp3) is 0.778. The number of carboxylic acids is 1. The first-order chi connectivity index (χ1) is 6.13. The maximum Gasteiger partial charge on any atom is 0.394 e. The number of amides is 1. The van der Waals surface area contributed by atoms with E-state index in [4.69, 9.17) is 5.11 Å². The van der Waals surface area contributed by atoms with Gasteiger partial charge in [0.15, 0.2) is 0 Å². The Morgan fingerprint density at radius 2 is 2.15 bits per heavy atom. The molecule has 0 aromatic heterocycles. The van der Waals surface area contributed by atoms with Crippen molar-refractivity contribution in [2.24, 2.45) is 5.92 Å². The Labute approximate surface area is 77.3 Å². The number of rotatable bonds is 4. The zero-order chi connectivity index (χ0) is 9.84. The molecule has 0 saturated heterocycles. The molecule has 4 heteroatoms. The zero-order valence-electron chi connectivity index (χ0n) is 7.75. The predicted molar refractivity (Wildman–Crippen MR) is 47.2 cm³/mol. The third kappa shape index (κ3) is 3.44. The van der Waals surface area contributed by atoms with Crippen LogP contribution >= 0.6 is 0 Å². The molecule has 0 bridgehead atoms. The van der Waals surface area contributed by atoms with Crippen LogP contribution in [0.25, 0.3) is 0 Å². The Kier molecular flexibility index (Phi) is 3.28. The second kappa shape index (κ2) is 4.25. The summed E-state index contributed by atoms with van der Waals surface area (Å²) in [4.78, 5) is 21.0. The lowest BCUT2D eigenvalue weighted by Gasteiger charge is -2.14. The van der Waals surface area contributed by atoms with Gasteiger partial charge in [-0.3, -0.25) is 4.79 Å². The maximum atomic E-state index is 10.8. The van der Waals surface area contributed by atoms with Crippen molar-refractivity contribution in [3.05, 3.63) is 0 Å². The summed E-state index contributed by atoms with van der Waals surface area (Å²) in [6.45, 7) is 1.95. The lowest BCUT2D eigenvalue weighted by molar-refractivity contribution is -0.150. The van der Waals surface area contributed by atoms with E-state index in [-0.39, 0.29) is 6.04 Å². The summed E-state index contributed by atoms with van der Waals surface area (Å²) in [5, 5.41) is 10.9. The molecule has 1 atom stereocenters. The van der Waals surface area contributed by atoms with E-state index < -0.39 is 11.9 Å². The number of hydrogen-bond acceptors (Lipinski definition) is 2. The molecule has 0 radical (unpaired) electrons. The molecule has 1 rings (SSSR count). The molecule has 4 nitrogen and oxygen atoms in total. The van der Waals surface area contributed by atoms with E-state index in [0.717, 1.165) is 12.8 Å². The largest absolute Gasteiger partial charge is 0.474 e. The number of carboxylic acid groups (broad SMARTS) is 1. The number of carbonyl (C=O) groups is 2. The quantitative estimate of drug-likeness (QED) is 0.635. The van der Waals surface area contributed by atoms with Crippen LogP contribution < -0.4 is 5.32 Å². The average molecular weight is 185 g/mol. The first-order valence-corrected chi connectivity index (χ1v) is 4.67. The molecule has 1 amide bonds. The standard InChI is InChI=1S/C9H15NO3/c1-2-7(5-6-3-4-6)10-8(11)9(12)13/h6-7H,2-5H2,1H3,(H,10,11)(H,12,13).